The lowest BCUT2D eigenvalue weighted by atomic mass is 10.1. The zero-order valence-electron chi connectivity index (χ0n) is 14.1. The molecule has 2 aromatic heterocycles. The van der Waals surface area contributed by atoms with Gasteiger partial charge < -0.3 is 9.80 Å². The van der Waals surface area contributed by atoms with E-state index in [2.05, 4.69) is 42.9 Å². The number of hydrogen-bond acceptors (Lipinski definition) is 5. The second-order valence-electron chi connectivity index (χ2n) is 6.70. The average Bonchev–Trinajstić information content (AvgIpc) is 3.38. The number of carbonyl (C=O) groups is 1. The van der Waals surface area contributed by atoms with Gasteiger partial charge in [0.25, 0.3) is 0 Å². The Hall–Kier alpha value is -1.99. The van der Waals surface area contributed by atoms with Gasteiger partial charge in [0.2, 0.25) is 5.91 Å². The van der Waals surface area contributed by atoms with Gasteiger partial charge in [0.15, 0.2) is 0 Å². The van der Waals surface area contributed by atoms with Crippen molar-refractivity contribution in [3.8, 4) is 0 Å². The molecule has 1 fully saturated rings. The minimum absolute atomic E-state index is 0.150. The molecule has 0 bridgehead atoms. The van der Waals surface area contributed by atoms with Crippen LogP contribution in [0.25, 0.3) is 10.2 Å². The molecule has 0 N–H and O–H groups in total. The quantitative estimate of drug-likeness (QED) is 0.618. The van der Waals surface area contributed by atoms with E-state index < -0.39 is 0 Å². The molecule has 2 aliphatic heterocycles. The summed E-state index contributed by atoms with van der Waals surface area (Å²) in [7, 11) is 0. The van der Waals surface area contributed by atoms with E-state index in [1.807, 2.05) is 22.4 Å². The minimum atomic E-state index is -0.150. The van der Waals surface area contributed by atoms with E-state index in [4.69, 9.17) is 0 Å². The van der Waals surface area contributed by atoms with E-state index in [1.54, 1.807) is 17.7 Å². The SMILES string of the molecule is O=C([C@@H]1CCCN1c1ncnc2sccc12)N1CCc2cc(Br)ccc21. The largest absolute Gasteiger partial charge is 0.344 e. The molecule has 132 valence electrons. The summed E-state index contributed by atoms with van der Waals surface area (Å²) in [6, 6.07) is 8.08. The first kappa shape index (κ1) is 16.2. The van der Waals surface area contributed by atoms with Crippen LogP contribution < -0.4 is 9.80 Å². The fourth-order valence-electron chi connectivity index (χ4n) is 4.06. The number of carbonyl (C=O) groups excluding carboxylic acids is 1. The fourth-order valence-corrected chi connectivity index (χ4v) is 5.20. The Morgan fingerprint density at radius 2 is 2.15 bits per heavy atom. The number of rotatable bonds is 2. The summed E-state index contributed by atoms with van der Waals surface area (Å²) in [5, 5.41) is 3.08. The number of hydrogen-bond donors (Lipinski definition) is 0. The second kappa shape index (κ2) is 6.32. The number of anilines is 2. The molecular weight excluding hydrogens is 412 g/mol. The Morgan fingerprint density at radius 3 is 3.08 bits per heavy atom. The van der Waals surface area contributed by atoms with Gasteiger partial charge >= 0.3 is 0 Å². The van der Waals surface area contributed by atoms with Crippen molar-refractivity contribution >= 4 is 54.9 Å². The highest BCUT2D eigenvalue weighted by atomic mass is 79.9. The van der Waals surface area contributed by atoms with Gasteiger partial charge in [-0.05, 0) is 54.5 Å². The topological polar surface area (TPSA) is 49.3 Å². The van der Waals surface area contributed by atoms with Crippen LogP contribution >= 0.6 is 27.3 Å². The minimum Gasteiger partial charge on any atom is -0.344 e. The molecule has 5 nitrogen and oxygen atoms in total. The van der Waals surface area contributed by atoms with Crippen LogP contribution in [0, 0.1) is 0 Å². The van der Waals surface area contributed by atoms with Crippen molar-refractivity contribution in [2.24, 2.45) is 0 Å². The second-order valence-corrected chi connectivity index (χ2v) is 8.51. The van der Waals surface area contributed by atoms with Crippen molar-refractivity contribution in [1.82, 2.24) is 9.97 Å². The predicted molar refractivity (Wildman–Crippen MR) is 108 cm³/mol. The first-order valence-electron chi connectivity index (χ1n) is 8.77. The van der Waals surface area contributed by atoms with E-state index in [-0.39, 0.29) is 11.9 Å². The highest BCUT2D eigenvalue weighted by molar-refractivity contribution is 9.10. The molecule has 0 spiro atoms. The number of aromatic nitrogens is 2. The van der Waals surface area contributed by atoms with Gasteiger partial charge in [0.05, 0.1) is 5.39 Å². The maximum Gasteiger partial charge on any atom is 0.249 e. The summed E-state index contributed by atoms with van der Waals surface area (Å²) in [4.78, 5) is 27.4. The summed E-state index contributed by atoms with van der Waals surface area (Å²) < 4.78 is 1.06. The van der Waals surface area contributed by atoms with Crippen molar-refractivity contribution in [2.75, 3.05) is 22.9 Å². The smallest absolute Gasteiger partial charge is 0.249 e. The highest BCUT2D eigenvalue weighted by Gasteiger charge is 2.37. The maximum absolute atomic E-state index is 13.4. The maximum atomic E-state index is 13.4. The average molecular weight is 429 g/mol. The van der Waals surface area contributed by atoms with Crippen LogP contribution in [0.4, 0.5) is 11.5 Å². The summed E-state index contributed by atoms with van der Waals surface area (Å²) in [6.45, 7) is 1.62. The monoisotopic (exact) mass is 428 g/mol. The molecule has 5 rings (SSSR count). The lowest BCUT2D eigenvalue weighted by molar-refractivity contribution is -0.119. The first-order valence-corrected chi connectivity index (χ1v) is 10.4. The number of thiophene rings is 1. The van der Waals surface area contributed by atoms with Crippen LogP contribution in [0.5, 0.6) is 0 Å². The zero-order chi connectivity index (χ0) is 17.7. The van der Waals surface area contributed by atoms with Crippen molar-refractivity contribution in [1.29, 1.82) is 0 Å². The molecule has 0 aliphatic carbocycles. The predicted octanol–water partition coefficient (Wildman–Crippen LogP) is 4.01. The molecule has 1 amide bonds. The normalized spacial score (nSPS) is 19.3. The molecule has 1 aromatic carbocycles. The molecule has 1 saturated heterocycles. The molecule has 1 atom stereocenters. The van der Waals surface area contributed by atoms with Gasteiger partial charge in [-0.3, -0.25) is 4.79 Å². The van der Waals surface area contributed by atoms with Crippen molar-refractivity contribution < 1.29 is 4.79 Å². The molecule has 0 radical (unpaired) electrons. The summed E-state index contributed by atoms with van der Waals surface area (Å²) in [6.07, 6.45) is 4.40. The van der Waals surface area contributed by atoms with Gasteiger partial charge in [-0.1, -0.05) is 15.9 Å². The van der Waals surface area contributed by atoms with E-state index in [0.29, 0.717) is 0 Å². The van der Waals surface area contributed by atoms with E-state index in [9.17, 15) is 4.79 Å². The van der Waals surface area contributed by atoms with Gasteiger partial charge in [-0.15, -0.1) is 11.3 Å². The van der Waals surface area contributed by atoms with E-state index in [1.165, 1.54) is 5.56 Å². The van der Waals surface area contributed by atoms with Crippen molar-refractivity contribution in [3.63, 3.8) is 0 Å². The summed E-state index contributed by atoms with van der Waals surface area (Å²) >= 11 is 5.13. The Bertz CT molecular complexity index is 1000. The standard InChI is InChI=1S/C19H17BrN4OS/c20-13-3-4-15-12(10-13)5-8-24(15)19(25)16-2-1-7-23(16)17-14-6-9-26-18(14)22-11-21-17/h3-4,6,9-11,16H,1-2,5,7-8H2/t16-/m0/s1. The Balaban J connectivity index is 1.48. The first-order chi connectivity index (χ1) is 12.7. The van der Waals surface area contributed by atoms with Crippen LogP contribution in [0.1, 0.15) is 18.4 Å². The third-order valence-corrected chi connectivity index (χ3v) is 6.57. The number of fused-ring (bicyclic) bond motifs is 2. The number of halogens is 1. The van der Waals surface area contributed by atoms with E-state index >= 15 is 0 Å². The Kier molecular flexibility index (Phi) is 3.94. The number of nitrogens with zero attached hydrogens (tertiary/aromatic N) is 4. The van der Waals surface area contributed by atoms with E-state index in [0.717, 1.165) is 58.5 Å². The molecule has 0 saturated carbocycles. The van der Waals surface area contributed by atoms with Crippen LogP contribution in [0.3, 0.4) is 0 Å². The third kappa shape index (κ3) is 2.53. The molecule has 7 heteroatoms. The van der Waals surface area contributed by atoms with Gasteiger partial charge in [0.1, 0.15) is 23.0 Å². The molecule has 26 heavy (non-hydrogen) atoms. The van der Waals surface area contributed by atoms with Gasteiger partial charge in [-0.2, -0.15) is 0 Å². The molecule has 3 aromatic rings. The van der Waals surface area contributed by atoms with Crippen LogP contribution in [0.15, 0.2) is 40.4 Å². The number of amides is 1. The molecule has 0 unspecified atom stereocenters. The van der Waals surface area contributed by atoms with Crippen LogP contribution in [-0.4, -0.2) is 35.0 Å². The van der Waals surface area contributed by atoms with Crippen molar-refractivity contribution in [2.45, 2.75) is 25.3 Å². The Morgan fingerprint density at radius 1 is 1.23 bits per heavy atom. The summed E-state index contributed by atoms with van der Waals surface area (Å²) in [5.41, 5.74) is 2.29. The fraction of sp³-hybridized carbons (Fsp3) is 0.316. The lowest BCUT2D eigenvalue weighted by Crippen LogP contribution is -2.45. The van der Waals surface area contributed by atoms with Crippen molar-refractivity contribution in [3.05, 3.63) is 46.0 Å². The Labute approximate surface area is 163 Å². The van der Waals surface area contributed by atoms with Gasteiger partial charge in [0, 0.05) is 23.2 Å². The summed E-state index contributed by atoms with van der Waals surface area (Å²) in [5.74, 6) is 1.08. The lowest BCUT2D eigenvalue weighted by Gasteiger charge is -2.29. The van der Waals surface area contributed by atoms with Crippen LogP contribution in [0.2, 0.25) is 0 Å². The zero-order valence-corrected chi connectivity index (χ0v) is 16.5. The van der Waals surface area contributed by atoms with Crippen LogP contribution in [-0.2, 0) is 11.2 Å². The molecule has 2 aliphatic rings. The molecule has 4 heterocycles. The third-order valence-electron chi connectivity index (χ3n) is 5.25. The highest BCUT2D eigenvalue weighted by Crippen LogP contribution is 2.35. The number of benzene rings is 1. The van der Waals surface area contributed by atoms with Gasteiger partial charge in [-0.25, -0.2) is 9.97 Å². The molecular formula is C19H17BrN4OS.